The number of H-pyrrole nitrogens is 1. The number of nitrogens with zero attached hydrogens (tertiary/aromatic N) is 1. The summed E-state index contributed by atoms with van der Waals surface area (Å²) >= 11 is 0. The van der Waals surface area contributed by atoms with Gasteiger partial charge in [0.2, 0.25) is 0 Å². The molecule has 21 heavy (non-hydrogen) atoms. The molecule has 5 nitrogen and oxygen atoms in total. The highest BCUT2D eigenvalue weighted by Crippen LogP contribution is 2.19. The first kappa shape index (κ1) is 13.8. The minimum atomic E-state index is -0.357. The van der Waals surface area contributed by atoms with Crippen LogP contribution in [-0.2, 0) is 4.84 Å². The fraction of sp³-hybridized carbons (Fsp3) is 0.375. The number of aromatic amines is 1. The van der Waals surface area contributed by atoms with Gasteiger partial charge in [-0.3, -0.25) is 14.4 Å². The maximum atomic E-state index is 12.6. The molecule has 3 rings (SSSR count). The van der Waals surface area contributed by atoms with Crippen LogP contribution in [0.5, 0.6) is 0 Å². The van der Waals surface area contributed by atoms with Crippen LogP contribution in [0.3, 0.4) is 0 Å². The Morgan fingerprint density at radius 1 is 1.24 bits per heavy atom. The highest BCUT2D eigenvalue weighted by Gasteiger charge is 2.24. The molecule has 1 aromatic carbocycles. The van der Waals surface area contributed by atoms with Crippen molar-refractivity contribution in [1.29, 1.82) is 0 Å². The van der Waals surface area contributed by atoms with E-state index in [0.29, 0.717) is 18.7 Å². The molecule has 0 unspecified atom stereocenters. The number of hydrogen-bond acceptors (Lipinski definition) is 3. The van der Waals surface area contributed by atoms with E-state index in [1.54, 1.807) is 0 Å². The third-order valence-corrected chi connectivity index (χ3v) is 3.87. The number of para-hydroxylation sites is 1. The highest BCUT2D eigenvalue weighted by molar-refractivity contribution is 5.99. The van der Waals surface area contributed by atoms with Gasteiger partial charge in [0.1, 0.15) is 5.56 Å². The van der Waals surface area contributed by atoms with Gasteiger partial charge in [-0.1, -0.05) is 18.2 Å². The lowest BCUT2D eigenvalue weighted by atomic mass is 10.0. The fourth-order valence-electron chi connectivity index (χ4n) is 2.72. The Morgan fingerprint density at radius 3 is 2.90 bits per heavy atom. The van der Waals surface area contributed by atoms with Crippen LogP contribution in [0, 0.1) is 6.92 Å². The summed E-state index contributed by atoms with van der Waals surface area (Å²) < 4.78 is 0. The standard InChI is InChI=1S/C16H18N2O3/c1-11-12-7-3-4-8-13(12)17-15(19)14(11)16(20)18-9-5-2-6-10-21-18/h3-4,7-8H,2,5-6,9-10H2,1H3,(H,17,19). The van der Waals surface area contributed by atoms with Gasteiger partial charge in [-0.15, -0.1) is 0 Å². The summed E-state index contributed by atoms with van der Waals surface area (Å²) in [5.41, 5.74) is 1.26. The summed E-state index contributed by atoms with van der Waals surface area (Å²) in [6.07, 6.45) is 2.88. The summed E-state index contributed by atoms with van der Waals surface area (Å²) in [4.78, 5) is 33.1. The molecular weight excluding hydrogens is 268 g/mol. The van der Waals surface area contributed by atoms with Crippen LogP contribution in [-0.4, -0.2) is 29.1 Å². The van der Waals surface area contributed by atoms with Crippen molar-refractivity contribution in [2.45, 2.75) is 26.2 Å². The minimum absolute atomic E-state index is 0.176. The maximum Gasteiger partial charge on any atom is 0.283 e. The summed E-state index contributed by atoms with van der Waals surface area (Å²) in [5.74, 6) is -0.346. The van der Waals surface area contributed by atoms with E-state index < -0.39 is 0 Å². The van der Waals surface area contributed by atoms with E-state index in [2.05, 4.69) is 4.98 Å². The Balaban J connectivity index is 2.07. The minimum Gasteiger partial charge on any atom is -0.321 e. The van der Waals surface area contributed by atoms with Crippen LogP contribution in [0.4, 0.5) is 0 Å². The van der Waals surface area contributed by atoms with Crippen molar-refractivity contribution < 1.29 is 9.63 Å². The van der Waals surface area contributed by atoms with Crippen molar-refractivity contribution in [2.24, 2.45) is 0 Å². The number of fused-ring (bicyclic) bond motifs is 1. The van der Waals surface area contributed by atoms with Gasteiger partial charge in [0.25, 0.3) is 11.5 Å². The lowest BCUT2D eigenvalue weighted by molar-refractivity contribution is -0.115. The first-order chi connectivity index (χ1) is 10.2. The average molecular weight is 286 g/mol. The molecule has 2 heterocycles. The molecule has 2 aromatic rings. The number of benzene rings is 1. The zero-order chi connectivity index (χ0) is 14.8. The maximum absolute atomic E-state index is 12.6. The number of amides is 1. The second-order valence-electron chi connectivity index (χ2n) is 5.30. The summed E-state index contributed by atoms with van der Waals surface area (Å²) in [7, 11) is 0. The topological polar surface area (TPSA) is 62.4 Å². The molecule has 0 bridgehead atoms. The third kappa shape index (κ3) is 2.56. The number of pyridine rings is 1. The predicted molar refractivity (Wildman–Crippen MR) is 80.1 cm³/mol. The van der Waals surface area contributed by atoms with Crippen LogP contribution in [0.2, 0.25) is 0 Å². The average Bonchev–Trinajstić information content (AvgIpc) is 2.76. The molecule has 0 saturated carbocycles. The Kier molecular flexibility index (Phi) is 3.75. The van der Waals surface area contributed by atoms with E-state index in [1.165, 1.54) is 5.06 Å². The van der Waals surface area contributed by atoms with Crippen LogP contribution >= 0.6 is 0 Å². The van der Waals surface area contributed by atoms with Gasteiger partial charge in [0.05, 0.1) is 6.61 Å². The number of aryl methyl sites for hydroxylation is 1. The van der Waals surface area contributed by atoms with E-state index in [9.17, 15) is 9.59 Å². The molecule has 1 aromatic heterocycles. The van der Waals surface area contributed by atoms with Crippen molar-refractivity contribution in [3.05, 3.63) is 45.7 Å². The summed E-state index contributed by atoms with van der Waals surface area (Å²) in [6.45, 7) is 2.86. The first-order valence-corrected chi connectivity index (χ1v) is 7.25. The normalized spacial score (nSPS) is 16.0. The zero-order valence-electron chi connectivity index (χ0n) is 12.0. The Labute approximate surface area is 122 Å². The quantitative estimate of drug-likeness (QED) is 0.875. The Bertz CT molecular complexity index is 728. The second-order valence-corrected chi connectivity index (χ2v) is 5.30. The van der Waals surface area contributed by atoms with Crippen molar-refractivity contribution in [2.75, 3.05) is 13.2 Å². The molecule has 0 aliphatic carbocycles. The van der Waals surface area contributed by atoms with Crippen LogP contribution in [0.25, 0.3) is 10.9 Å². The number of aromatic nitrogens is 1. The fourth-order valence-corrected chi connectivity index (χ4v) is 2.72. The van der Waals surface area contributed by atoms with Crippen molar-refractivity contribution >= 4 is 16.8 Å². The lowest BCUT2D eigenvalue weighted by Gasteiger charge is -2.20. The summed E-state index contributed by atoms with van der Waals surface area (Å²) in [5, 5.41) is 2.22. The molecule has 0 spiro atoms. The monoisotopic (exact) mass is 286 g/mol. The second kappa shape index (κ2) is 5.69. The van der Waals surface area contributed by atoms with E-state index in [1.807, 2.05) is 31.2 Å². The molecular formula is C16H18N2O3. The number of rotatable bonds is 1. The van der Waals surface area contributed by atoms with E-state index in [0.717, 1.165) is 30.2 Å². The number of carbonyl (C=O) groups is 1. The van der Waals surface area contributed by atoms with Crippen molar-refractivity contribution in [1.82, 2.24) is 10.0 Å². The largest absolute Gasteiger partial charge is 0.321 e. The number of hydrogen-bond donors (Lipinski definition) is 1. The predicted octanol–water partition coefficient (Wildman–Crippen LogP) is 2.39. The van der Waals surface area contributed by atoms with Crippen LogP contribution in [0.1, 0.15) is 35.2 Å². The number of hydroxylamine groups is 2. The van der Waals surface area contributed by atoms with Gasteiger partial charge in [-0.2, -0.15) is 0 Å². The van der Waals surface area contributed by atoms with E-state index >= 15 is 0 Å². The molecule has 0 radical (unpaired) electrons. The molecule has 1 aliphatic rings. The van der Waals surface area contributed by atoms with Gasteiger partial charge < -0.3 is 4.98 Å². The Morgan fingerprint density at radius 2 is 2.05 bits per heavy atom. The first-order valence-electron chi connectivity index (χ1n) is 7.25. The van der Waals surface area contributed by atoms with Crippen molar-refractivity contribution in [3.63, 3.8) is 0 Å². The molecule has 1 amide bonds. The highest BCUT2D eigenvalue weighted by atomic mass is 16.7. The molecule has 110 valence electrons. The molecule has 1 fully saturated rings. The van der Waals surface area contributed by atoms with Crippen molar-refractivity contribution in [3.8, 4) is 0 Å². The van der Waals surface area contributed by atoms with Gasteiger partial charge in [0.15, 0.2) is 0 Å². The van der Waals surface area contributed by atoms with Gasteiger partial charge in [0, 0.05) is 17.4 Å². The third-order valence-electron chi connectivity index (χ3n) is 3.87. The van der Waals surface area contributed by atoms with Gasteiger partial charge >= 0.3 is 0 Å². The smallest absolute Gasteiger partial charge is 0.283 e. The van der Waals surface area contributed by atoms with Gasteiger partial charge in [-0.25, -0.2) is 5.06 Å². The summed E-state index contributed by atoms with van der Waals surface area (Å²) in [6, 6.07) is 7.49. The number of carbonyl (C=O) groups excluding carboxylic acids is 1. The van der Waals surface area contributed by atoms with Crippen LogP contribution in [0.15, 0.2) is 29.1 Å². The number of nitrogens with one attached hydrogen (secondary N) is 1. The van der Waals surface area contributed by atoms with E-state index in [-0.39, 0.29) is 17.0 Å². The Hall–Kier alpha value is -2.14. The van der Waals surface area contributed by atoms with Crippen LogP contribution < -0.4 is 5.56 Å². The molecule has 1 saturated heterocycles. The lowest BCUT2D eigenvalue weighted by Crippen LogP contribution is -2.35. The van der Waals surface area contributed by atoms with E-state index in [4.69, 9.17) is 4.84 Å². The SMILES string of the molecule is Cc1c(C(=O)N2CCCCCO2)c(=O)[nH]c2ccccc12. The molecule has 1 aliphatic heterocycles. The molecule has 1 N–H and O–H groups in total. The van der Waals surface area contributed by atoms with Gasteiger partial charge in [-0.05, 0) is 37.8 Å². The molecule has 0 atom stereocenters. The molecule has 5 heteroatoms. The zero-order valence-corrected chi connectivity index (χ0v) is 12.0.